The molecule has 1 atom stereocenters. The molecule has 2 amide bonds. The first-order chi connectivity index (χ1) is 12.1. The lowest BCUT2D eigenvalue weighted by Gasteiger charge is -2.19. The second-order valence-electron chi connectivity index (χ2n) is 5.87. The van der Waals surface area contributed by atoms with E-state index in [-0.39, 0.29) is 23.5 Å². The minimum atomic E-state index is -0.403. The van der Waals surface area contributed by atoms with Crippen molar-refractivity contribution in [1.29, 1.82) is 0 Å². The minimum Gasteiger partial charge on any atom is -0.369 e. The molecule has 0 saturated carbocycles. The zero-order valence-electron chi connectivity index (χ0n) is 14.2. The lowest BCUT2D eigenvalue weighted by molar-refractivity contribution is -0.119. The highest BCUT2D eigenvalue weighted by Gasteiger charge is 2.14. The molecule has 5 heteroatoms. The van der Waals surface area contributed by atoms with Crippen molar-refractivity contribution in [3.63, 3.8) is 0 Å². The van der Waals surface area contributed by atoms with Gasteiger partial charge in [-0.25, -0.2) is 0 Å². The van der Waals surface area contributed by atoms with E-state index in [0.29, 0.717) is 0 Å². The van der Waals surface area contributed by atoms with Crippen molar-refractivity contribution < 1.29 is 9.59 Å². The highest BCUT2D eigenvalue weighted by molar-refractivity contribution is 8.00. The van der Waals surface area contributed by atoms with Gasteiger partial charge in [-0.1, -0.05) is 60.7 Å². The van der Waals surface area contributed by atoms with Gasteiger partial charge in [0.25, 0.3) is 0 Å². The number of carbonyl (C=O) groups excluding carboxylic acids is 2. The Morgan fingerprint density at radius 2 is 1.60 bits per heavy atom. The van der Waals surface area contributed by atoms with Gasteiger partial charge in [-0.2, -0.15) is 0 Å². The van der Waals surface area contributed by atoms with Gasteiger partial charge >= 0.3 is 0 Å². The van der Waals surface area contributed by atoms with Crippen molar-refractivity contribution in [2.24, 2.45) is 5.73 Å². The summed E-state index contributed by atoms with van der Waals surface area (Å²) in [6.45, 7) is 0. The molecule has 0 aliphatic carbocycles. The van der Waals surface area contributed by atoms with Crippen LogP contribution in [0.5, 0.6) is 0 Å². The van der Waals surface area contributed by atoms with Gasteiger partial charge in [0.15, 0.2) is 0 Å². The Morgan fingerprint density at radius 1 is 0.960 bits per heavy atom. The quantitative estimate of drug-likeness (QED) is 0.687. The van der Waals surface area contributed by atoms with Crippen LogP contribution in [0.4, 0.5) is 0 Å². The summed E-state index contributed by atoms with van der Waals surface area (Å²) in [4.78, 5) is 22.9. The Kier molecular flexibility index (Phi) is 8.05. The molecular formula is C20H24N2O2S. The average Bonchev–Trinajstić information content (AvgIpc) is 2.62. The standard InChI is InChI=1S/C20H24N2O2S/c21-19(23)14-25-15-20(24)22-18(17-11-5-2-6-12-17)13-7-10-16-8-3-1-4-9-16/h1-6,8-9,11-12,18H,7,10,13-15H2,(H2,21,23)(H,22,24). The first-order valence-corrected chi connectivity index (χ1v) is 9.55. The largest absolute Gasteiger partial charge is 0.369 e. The van der Waals surface area contributed by atoms with Gasteiger partial charge < -0.3 is 11.1 Å². The third kappa shape index (κ3) is 7.44. The van der Waals surface area contributed by atoms with Crippen molar-refractivity contribution in [3.8, 4) is 0 Å². The van der Waals surface area contributed by atoms with Crippen molar-refractivity contribution in [1.82, 2.24) is 5.32 Å². The van der Waals surface area contributed by atoms with Gasteiger partial charge in [0.1, 0.15) is 0 Å². The van der Waals surface area contributed by atoms with Crippen molar-refractivity contribution in [3.05, 3.63) is 71.8 Å². The molecule has 0 bridgehead atoms. The Labute approximate surface area is 153 Å². The summed E-state index contributed by atoms with van der Waals surface area (Å²) in [5.41, 5.74) is 7.50. The average molecular weight is 356 g/mol. The molecule has 0 spiro atoms. The third-order valence-electron chi connectivity index (χ3n) is 3.82. The van der Waals surface area contributed by atoms with E-state index in [1.54, 1.807) is 0 Å². The summed E-state index contributed by atoms with van der Waals surface area (Å²) in [6.07, 6.45) is 2.83. The summed E-state index contributed by atoms with van der Waals surface area (Å²) < 4.78 is 0. The summed E-state index contributed by atoms with van der Waals surface area (Å²) in [7, 11) is 0. The van der Waals surface area contributed by atoms with Crippen molar-refractivity contribution >= 4 is 23.6 Å². The Bertz CT molecular complexity index is 662. The van der Waals surface area contributed by atoms with E-state index >= 15 is 0 Å². The minimum absolute atomic E-state index is 0.0217. The van der Waals surface area contributed by atoms with Gasteiger partial charge in [-0.05, 0) is 30.4 Å². The molecule has 0 aromatic heterocycles. The summed E-state index contributed by atoms with van der Waals surface area (Å²) in [5, 5.41) is 3.08. The fourth-order valence-corrected chi connectivity index (χ4v) is 3.21. The van der Waals surface area contributed by atoms with Crippen LogP contribution in [0.3, 0.4) is 0 Å². The molecule has 0 fully saturated rings. The number of nitrogens with two attached hydrogens (primary N) is 1. The van der Waals surface area contributed by atoms with Gasteiger partial charge in [0, 0.05) is 0 Å². The molecule has 0 aliphatic heterocycles. The number of nitrogens with one attached hydrogen (secondary N) is 1. The highest BCUT2D eigenvalue weighted by Crippen LogP contribution is 2.20. The van der Waals surface area contributed by atoms with Crippen LogP contribution in [-0.2, 0) is 16.0 Å². The number of benzene rings is 2. The Morgan fingerprint density at radius 3 is 2.24 bits per heavy atom. The maximum atomic E-state index is 12.2. The molecule has 0 aliphatic rings. The molecule has 0 radical (unpaired) electrons. The lowest BCUT2D eigenvalue weighted by atomic mass is 9.99. The summed E-state index contributed by atoms with van der Waals surface area (Å²) >= 11 is 1.24. The summed E-state index contributed by atoms with van der Waals surface area (Å²) in [6, 6.07) is 20.3. The molecule has 0 heterocycles. The van der Waals surface area contributed by atoms with E-state index in [0.717, 1.165) is 24.8 Å². The first-order valence-electron chi connectivity index (χ1n) is 8.39. The van der Waals surface area contributed by atoms with Crippen molar-refractivity contribution in [2.75, 3.05) is 11.5 Å². The molecule has 3 N–H and O–H groups in total. The van der Waals surface area contributed by atoms with E-state index in [1.807, 2.05) is 48.5 Å². The van der Waals surface area contributed by atoms with Crippen LogP contribution in [0.25, 0.3) is 0 Å². The number of aryl methyl sites for hydroxylation is 1. The maximum absolute atomic E-state index is 12.2. The van der Waals surface area contributed by atoms with E-state index in [1.165, 1.54) is 17.3 Å². The predicted octanol–water partition coefficient (Wildman–Crippen LogP) is 3.09. The Hall–Kier alpha value is -2.27. The SMILES string of the molecule is NC(=O)CSCC(=O)NC(CCCc1ccccc1)c1ccccc1. The second-order valence-corrected chi connectivity index (χ2v) is 6.85. The van der Waals surface area contributed by atoms with E-state index in [4.69, 9.17) is 5.73 Å². The predicted molar refractivity (Wildman–Crippen MR) is 103 cm³/mol. The van der Waals surface area contributed by atoms with Gasteiger partial charge in [0.2, 0.25) is 11.8 Å². The Balaban J connectivity index is 1.89. The van der Waals surface area contributed by atoms with Crippen LogP contribution in [0.1, 0.15) is 30.0 Å². The molecule has 4 nitrogen and oxygen atoms in total. The number of thioether (sulfide) groups is 1. The molecule has 132 valence electrons. The van der Waals surface area contributed by atoms with Crippen LogP contribution in [-0.4, -0.2) is 23.3 Å². The summed E-state index contributed by atoms with van der Waals surface area (Å²) in [5.74, 6) is -0.0670. The molecule has 2 aromatic rings. The van der Waals surface area contributed by atoms with Gasteiger partial charge in [0.05, 0.1) is 17.5 Å². The highest BCUT2D eigenvalue weighted by atomic mass is 32.2. The number of hydrogen-bond acceptors (Lipinski definition) is 3. The first kappa shape index (κ1) is 19.1. The van der Waals surface area contributed by atoms with Crippen LogP contribution in [0.2, 0.25) is 0 Å². The van der Waals surface area contributed by atoms with Crippen LogP contribution < -0.4 is 11.1 Å². The van der Waals surface area contributed by atoms with Gasteiger partial charge in [-0.15, -0.1) is 11.8 Å². The number of primary amides is 1. The topological polar surface area (TPSA) is 72.2 Å². The molecule has 2 aromatic carbocycles. The number of carbonyl (C=O) groups is 2. The number of hydrogen-bond donors (Lipinski definition) is 2. The van der Waals surface area contributed by atoms with Crippen LogP contribution in [0.15, 0.2) is 60.7 Å². The zero-order valence-corrected chi connectivity index (χ0v) is 15.0. The smallest absolute Gasteiger partial charge is 0.230 e. The third-order valence-corrected chi connectivity index (χ3v) is 4.77. The monoisotopic (exact) mass is 356 g/mol. The van der Waals surface area contributed by atoms with E-state index in [9.17, 15) is 9.59 Å². The fourth-order valence-electron chi connectivity index (χ4n) is 2.64. The molecule has 1 unspecified atom stereocenters. The van der Waals surface area contributed by atoms with Crippen LogP contribution in [0, 0.1) is 0 Å². The molecular weight excluding hydrogens is 332 g/mol. The normalized spacial score (nSPS) is 11.7. The lowest BCUT2D eigenvalue weighted by Crippen LogP contribution is -2.30. The molecule has 2 rings (SSSR count). The number of rotatable bonds is 10. The fraction of sp³-hybridized carbons (Fsp3) is 0.300. The van der Waals surface area contributed by atoms with E-state index in [2.05, 4.69) is 17.4 Å². The molecule has 25 heavy (non-hydrogen) atoms. The van der Waals surface area contributed by atoms with E-state index < -0.39 is 5.91 Å². The zero-order chi connectivity index (χ0) is 17.9. The maximum Gasteiger partial charge on any atom is 0.230 e. The number of amides is 2. The van der Waals surface area contributed by atoms with Crippen LogP contribution >= 0.6 is 11.8 Å². The second kappa shape index (κ2) is 10.6. The van der Waals surface area contributed by atoms with Gasteiger partial charge in [-0.3, -0.25) is 9.59 Å². The van der Waals surface area contributed by atoms with Crippen molar-refractivity contribution in [2.45, 2.75) is 25.3 Å². The molecule has 0 saturated heterocycles.